The lowest BCUT2D eigenvalue weighted by molar-refractivity contribution is -0.116. The van der Waals surface area contributed by atoms with Crippen molar-refractivity contribution in [2.45, 2.75) is 13.0 Å². The predicted molar refractivity (Wildman–Crippen MR) is 101 cm³/mol. The molecule has 2 aromatic carbocycles. The second kappa shape index (κ2) is 7.16. The van der Waals surface area contributed by atoms with Crippen molar-refractivity contribution in [3.8, 4) is 11.3 Å². The summed E-state index contributed by atoms with van der Waals surface area (Å²) in [5, 5.41) is 4.87. The minimum atomic E-state index is -0.494. The number of anilines is 1. The number of nitrogens with zero attached hydrogens (tertiary/aromatic N) is 2. The molecule has 2 heterocycles. The number of fused-ring (bicyclic) bond motifs is 1. The van der Waals surface area contributed by atoms with Crippen LogP contribution >= 0.6 is 11.3 Å². The first-order valence-corrected chi connectivity index (χ1v) is 9.08. The van der Waals surface area contributed by atoms with E-state index in [1.165, 1.54) is 28.0 Å². The highest BCUT2D eigenvalue weighted by molar-refractivity contribution is 7.14. The highest BCUT2D eigenvalue weighted by Gasteiger charge is 2.12. The van der Waals surface area contributed by atoms with Gasteiger partial charge in [-0.2, -0.15) is 0 Å². The second-order valence-corrected chi connectivity index (χ2v) is 6.69. The number of rotatable bonds is 5. The van der Waals surface area contributed by atoms with Crippen LogP contribution in [0, 0.1) is 5.82 Å². The zero-order valence-corrected chi connectivity index (χ0v) is 14.8. The quantitative estimate of drug-likeness (QED) is 0.567. The van der Waals surface area contributed by atoms with Gasteiger partial charge in [0.05, 0.1) is 11.2 Å². The lowest BCUT2D eigenvalue weighted by Gasteiger charge is -2.03. The molecule has 0 aliphatic heterocycles. The maximum atomic E-state index is 13.3. The molecule has 0 saturated carbocycles. The minimum Gasteiger partial charge on any atom is -0.408 e. The number of para-hydroxylation sites is 2. The Morgan fingerprint density at radius 1 is 1.22 bits per heavy atom. The fourth-order valence-corrected chi connectivity index (χ4v) is 3.47. The number of carbonyl (C=O) groups excluding carboxylic acids is 1. The average molecular weight is 383 g/mol. The first-order chi connectivity index (χ1) is 13.1. The summed E-state index contributed by atoms with van der Waals surface area (Å²) in [6.07, 6.45) is 0.0955. The number of aryl methyl sites for hydroxylation is 1. The topological polar surface area (TPSA) is 77.1 Å². The first kappa shape index (κ1) is 17.2. The van der Waals surface area contributed by atoms with Crippen LogP contribution in [0.5, 0.6) is 0 Å². The van der Waals surface area contributed by atoms with E-state index in [-0.39, 0.29) is 24.7 Å². The van der Waals surface area contributed by atoms with Crippen LogP contribution in [0.4, 0.5) is 9.52 Å². The van der Waals surface area contributed by atoms with Gasteiger partial charge in [0.2, 0.25) is 5.91 Å². The maximum Gasteiger partial charge on any atom is 0.419 e. The van der Waals surface area contributed by atoms with Crippen molar-refractivity contribution < 1.29 is 13.6 Å². The van der Waals surface area contributed by atoms with Gasteiger partial charge in [-0.15, -0.1) is 11.3 Å². The van der Waals surface area contributed by atoms with Gasteiger partial charge in [-0.3, -0.25) is 9.36 Å². The molecular formula is C19H14FN3O3S. The molecule has 27 heavy (non-hydrogen) atoms. The Hall–Kier alpha value is -3.26. The summed E-state index contributed by atoms with van der Waals surface area (Å²) in [4.78, 5) is 28.4. The van der Waals surface area contributed by atoms with E-state index in [0.717, 1.165) is 0 Å². The highest BCUT2D eigenvalue weighted by atomic mass is 32.1. The van der Waals surface area contributed by atoms with E-state index in [2.05, 4.69) is 10.3 Å². The van der Waals surface area contributed by atoms with Gasteiger partial charge in [0.25, 0.3) is 0 Å². The largest absolute Gasteiger partial charge is 0.419 e. The number of aromatic nitrogens is 2. The molecule has 4 aromatic rings. The van der Waals surface area contributed by atoms with Gasteiger partial charge in [-0.1, -0.05) is 24.3 Å². The second-order valence-electron chi connectivity index (χ2n) is 5.83. The van der Waals surface area contributed by atoms with Crippen molar-refractivity contribution in [2.75, 3.05) is 5.32 Å². The fraction of sp³-hybridized carbons (Fsp3) is 0.105. The van der Waals surface area contributed by atoms with Crippen LogP contribution in [0.1, 0.15) is 6.42 Å². The Morgan fingerprint density at radius 3 is 2.93 bits per heavy atom. The smallest absolute Gasteiger partial charge is 0.408 e. The van der Waals surface area contributed by atoms with Crippen LogP contribution in [0.25, 0.3) is 22.4 Å². The highest BCUT2D eigenvalue weighted by Crippen LogP contribution is 2.25. The van der Waals surface area contributed by atoms with Crippen LogP contribution in [0.2, 0.25) is 0 Å². The lowest BCUT2D eigenvalue weighted by atomic mass is 10.2. The van der Waals surface area contributed by atoms with E-state index in [1.807, 2.05) is 0 Å². The van der Waals surface area contributed by atoms with Crippen molar-refractivity contribution in [2.24, 2.45) is 0 Å². The molecule has 0 aliphatic carbocycles. The molecule has 136 valence electrons. The zero-order valence-electron chi connectivity index (χ0n) is 14.0. The molecule has 0 radical (unpaired) electrons. The molecular weight excluding hydrogens is 369 g/mol. The molecule has 2 aromatic heterocycles. The third kappa shape index (κ3) is 3.65. The molecule has 0 unspecified atom stereocenters. The van der Waals surface area contributed by atoms with Crippen LogP contribution in [-0.4, -0.2) is 15.5 Å². The van der Waals surface area contributed by atoms with Crippen molar-refractivity contribution >= 4 is 33.5 Å². The van der Waals surface area contributed by atoms with Crippen LogP contribution in [0.3, 0.4) is 0 Å². The van der Waals surface area contributed by atoms with Gasteiger partial charge < -0.3 is 9.73 Å². The number of hydrogen-bond donors (Lipinski definition) is 1. The van der Waals surface area contributed by atoms with Crippen molar-refractivity contribution in [3.05, 3.63) is 70.3 Å². The molecule has 1 amide bonds. The molecule has 4 rings (SSSR count). The van der Waals surface area contributed by atoms with Gasteiger partial charge >= 0.3 is 5.76 Å². The van der Waals surface area contributed by atoms with Crippen LogP contribution in [0.15, 0.2) is 63.1 Å². The normalized spacial score (nSPS) is 11.0. The maximum absolute atomic E-state index is 13.3. The van der Waals surface area contributed by atoms with Gasteiger partial charge in [0, 0.05) is 23.9 Å². The monoisotopic (exact) mass is 383 g/mol. The summed E-state index contributed by atoms with van der Waals surface area (Å²) >= 11 is 1.26. The van der Waals surface area contributed by atoms with Crippen molar-refractivity contribution in [1.82, 2.24) is 9.55 Å². The number of halogens is 1. The molecule has 0 bridgehead atoms. The summed E-state index contributed by atoms with van der Waals surface area (Å²) in [6.45, 7) is 0.198. The van der Waals surface area contributed by atoms with E-state index >= 15 is 0 Å². The lowest BCUT2D eigenvalue weighted by Crippen LogP contribution is -2.19. The molecule has 0 atom stereocenters. The molecule has 0 fully saturated rings. The summed E-state index contributed by atoms with van der Waals surface area (Å²) in [6, 6.07) is 13.2. The van der Waals surface area contributed by atoms with Gasteiger partial charge in [0.1, 0.15) is 5.82 Å². The standard InChI is InChI=1S/C19H14FN3O3S/c20-13-5-3-4-12(10-13)14-11-27-18(21-14)22-17(24)8-9-23-15-6-1-2-7-16(15)26-19(23)25/h1-7,10-11H,8-9H2,(H,21,22,24). The summed E-state index contributed by atoms with van der Waals surface area (Å²) in [5.41, 5.74) is 2.37. The number of hydrogen-bond acceptors (Lipinski definition) is 5. The van der Waals surface area contributed by atoms with Gasteiger partial charge in [-0.05, 0) is 24.3 Å². The van der Waals surface area contributed by atoms with Gasteiger partial charge in [0.15, 0.2) is 10.7 Å². The average Bonchev–Trinajstić information content (AvgIpc) is 3.24. The van der Waals surface area contributed by atoms with E-state index in [0.29, 0.717) is 27.5 Å². The summed E-state index contributed by atoms with van der Waals surface area (Å²) in [5.74, 6) is -1.11. The van der Waals surface area contributed by atoms with E-state index in [1.54, 1.807) is 41.8 Å². The number of carbonyl (C=O) groups is 1. The Bertz CT molecular complexity index is 1180. The summed E-state index contributed by atoms with van der Waals surface area (Å²) in [7, 11) is 0. The van der Waals surface area contributed by atoms with Crippen LogP contribution < -0.4 is 11.1 Å². The van der Waals surface area contributed by atoms with E-state index in [9.17, 15) is 14.0 Å². The number of benzene rings is 2. The number of nitrogens with one attached hydrogen (secondary N) is 1. The van der Waals surface area contributed by atoms with Crippen molar-refractivity contribution in [1.29, 1.82) is 0 Å². The van der Waals surface area contributed by atoms with Crippen molar-refractivity contribution in [3.63, 3.8) is 0 Å². The fourth-order valence-electron chi connectivity index (χ4n) is 2.73. The van der Waals surface area contributed by atoms with Gasteiger partial charge in [-0.25, -0.2) is 14.2 Å². The van der Waals surface area contributed by atoms with Crippen LogP contribution in [-0.2, 0) is 11.3 Å². The Labute approximate surface area is 156 Å². The Kier molecular flexibility index (Phi) is 4.55. The number of oxazole rings is 1. The van der Waals surface area contributed by atoms with E-state index < -0.39 is 5.76 Å². The van der Waals surface area contributed by atoms with E-state index in [4.69, 9.17) is 4.42 Å². The summed E-state index contributed by atoms with van der Waals surface area (Å²) < 4.78 is 19.9. The first-order valence-electron chi connectivity index (χ1n) is 8.20. The molecule has 6 nitrogen and oxygen atoms in total. The predicted octanol–water partition coefficient (Wildman–Crippen LogP) is 3.89. The zero-order chi connectivity index (χ0) is 18.8. The molecule has 0 saturated heterocycles. The number of thiazole rings is 1. The molecule has 0 aliphatic rings. The Morgan fingerprint density at radius 2 is 2.07 bits per heavy atom. The number of amides is 1. The molecule has 8 heteroatoms. The molecule has 0 spiro atoms. The molecule has 1 N–H and O–H groups in total. The third-order valence-corrected chi connectivity index (χ3v) is 4.76. The minimum absolute atomic E-state index is 0.0955. The third-order valence-electron chi connectivity index (χ3n) is 4.01. The Balaban J connectivity index is 1.43. The SMILES string of the molecule is O=C(CCn1c(=O)oc2ccccc21)Nc1nc(-c2cccc(F)c2)cs1.